The third kappa shape index (κ3) is 5.00. The summed E-state index contributed by atoms with van der Waals surface area (Å²) in [4.78, 5) is 17.1. The number of nitrogens with zero attached hydrogens (tertiary/aromatic N) is 2. The van der Waals surface area contributed by atoms with Crippen molar-refractivity contribution in [1.29, 1.82) is 0 Å². The van der Waals surface area contributed by atoms with Crippen LogP contribution in [0.3, 0.4) is 0 Å². The Morgan fingerprint density at radius 3 is 2.11 bits per heavy atom. The molecule has 0 aliphatic carbocycles. The topological polar surface area (TPSA) is 43.8 Å². The summed E-state index contributed by atoms with van der Waals surface area (Å²) in [5, 5.41) is 10.3. The van der Waals surface area contributed by atoms with E-state index < -0.39 is 11.5 Å². The number of aliphatic carboxylic acids is 1. The van der Waals surface area contributed by atoms with E-state index in [2.05, 4.69) is 53.1 Å². The fraction of sp³-hybridized carbons (Fsp3) is 0.458. The summed E-state index contributed by atoms with van der Waals surface area (Å²) in [6.45, 7) is 6.22. The largest absolute Gasteiger partial charge is 0.480 e. The number of carboxylic acid groups (broad SMARTS) is 1. The Kier molecular flexibility index (Phi) is 7.24. The maximum Gasteiger partial charge on any atom is 0.324 e. The number of unbranched alkanes of at least 4 members (excludes halogenated alkanes) is 1. The zero-order chi connectivity index (χ0) is 19.8. The van der Waals surface area contributed by atoms with Crippen molar-refractivity contribution in [3.8, 4) is 0 Å². The molecule has 2 aromatic carbocycles. The Balaban J connectivity index is 1.73. The zero-order valence-corrected chi connectivity index (χ0v) is 16.9. The summed E-state index contributed by atoms with van der Waals surface area (Å²) >= 11 is 0. The highest BCUT2D eigenvalue weighted by atomic mass is 16.4. The second-order valence-electron chi connectivity index (χ2n) is 7.86. The van der Waals surface area contributed by atoms with Gasteiger partial charge in [-0.1, -0.05) is 74.0 Å². The van der Waals surface area contributed by atoms with E-state index in [9.17, 15) is 9.90 Å². The third-order valence-electron chi connectivity index (χ3n) is 5.93. The van der Waals surface area contributed by atoms with Crippen LogP contribution in [0.15, 0.2) is 60.7 Å². The fourth-order valence-electron chi connectivity index (χ4n) is 4.19. The van der Waals surface area contributed by atoms with E-state index in [1.165, 1.54) is 11.1 Å². The molecule has 4 heteroatoms. The highest BCUT2D eigenvalue weighted by Gasteiger charge is 2.46. The lowest BCUT2D eigenvalue weighted by atomic mass is 9.84. The molecule has 1 saturated heterocycles. The summed E-state index contributed by atoms with van der Waals surface area (Å²) in [7, 11) is 0. The molecule has 150 valence electrons. The Labute approximate surface area is 168 Å². The molecule has 1 aliphatic heterocycles. The maximum atomic E-state index is 12.5. The normalized spacial score (nSPS) is 16.9. The molecule has 3 rings (SSSR count). The first-order chi connectivity index (χ1) is 13.6. The molecule has 0 aromatic heterocycles. The average Bonchev–Trinajstić information content (AvgIpc) is 2.73. The summed E-state index contributed by atoms with van der Waals surface area (Å²) in [5.74, 6) is -0.668. The zero-order valence-electron chi connectivity index (χ0n) is 16.9. The van der Waals surface area contributed by atoms with Crippen molar-refractivity contribution in [2.75, 3.05) is 19.6 Å². The van der Waals surface area contributed by atoms with Crippen LogP contribution in [0.5, 0.6) is 0 Å². The van der Waals surface area contributed by atoms with Crippen LogP contribution in [-0.4, -0.2) is 46.0 Å². The van der Waals surface area contributed by atoms with E-state index in [0.29, 0.717) is 19.4 Å². The van der Waals surface area contributed by atoms with E-state index in [-0.39, 0.29) is 0 Å². The molecule has 0 atom stereocenters. The number of likely N-dealkylation sites (tertiary alicyclic amines) is 1. The highest BCUT2D eigenvalue weighted by molar-refractivity contribution is 5.79. The van der Waals surface area contributed by atoms with Gasteiger partial charge in [0.2, 0.25) is 0 Å². The lowest BCUT2D eigenvalue weighted by Crippen LogP contribution is -2.59. The van der Waals surface area contributed by atoms with Crippen molar-refractivity contribution in [3.63, 3.8) is 0 Å². The van der Waals surface area contributed by atoms with Gasteiger partial charge in [-0.25, -0.2) is 0 Å². The first kappa shape index (κ1) is 20.6. The van der Waals surface area contributed by atoms with Crippen LogP contribution in [-0.2, 0) is 17.9 Å². The minimum atomic E-state index is -0.766. The smallest absolute Gasteiger partial charge is 0.324 e. The number of rotatable bonds is 9. The van der Waals surface area contributed by atoms with Gasteiger partial charge in [-0.05, 0) is 36.9 Å². The van der Waals surface area contributed by atoms with E-state index in [4.69, 9.17) is 0 Å². The summed E-state index contributed by atoms with van der Waals surface area (Å²) < 4.78 is 0. The first-order valence-corrected chi connectivity index (χ1v) is 10.4. The van der Waals surface area contributed by atoms with Crippen molar-refractivity contribution in [1.82, 2.24) is 9.80 Å². The first-order valence-electron chi connectivity index (χ1n) is 10.4. The molecule has 0 unspecified atom stereocenters. The maximum absolute atomic E-state index is 12.5. The van der Waals surface area contributed by atoms with Crippen LogP contribution in [0.1, 0.15) is 43.7 Å². The lowest BCUT2D eigenvalue weighted by Gasteiger charge is -2.46. The highest BCUT2D eigenvalue weighted by Crippen LogP contribution is 2.32. The second kappa shape index (κ2) is 9.85. The Bertz CT molecular complexity index is 725. The fourth-order valence-corrected chi connectivity index (χ4v) is 4.19. The van der Waals surface area contributed by atoms with Crippen molar-refractivity contribution >= 4 is 5.97 Å². The van der Waals surface area contributed by atoms with Crippen molar-refractivity contribution < 1.29 is 9.90 Å². The van der Waals surface area contributed by atoms with Crippen molar-refractivity contribution in [2.24, 2.45) is 0 Å². The molecular formula is C24H32N2O2. The number of benzene rings is 2. The number of hydrogen-bond donors (Lipinski definition) is 1. The standard InChI is InChI=1S/C24H32N2O2/c1-2-3-16-26(20-22-12-8-5-9-13-22)24(23(27)28)14-17-25(18-15-24)19-21-10-6-4-7-11-21/h4-13H,2-3,14-20H2,1H3,(H,27,28). The molecule has 0 spiro atoms. The average molecular weight is 381 g/mol. The predicted molar refractivity (Wildman–Crippen MR) is 113 cm³/mol. The van der Waals surface area contributed by atoms with Gasteiger partial charge >= 0.3 is 5.97 Å². The molecule has 1 heterocycles. The molecule has 0 saturated carbocycles. The SMILES string of the molecule is CCCCN(Cc1ccccc1)C1(C(=O)O)CCN(Cc2ccccc2)CC1. The van der Waals surface area contributed by atoms with Crippen LogP contribution in [0.25, 0.3) is 0 Å². The van der Waals surface area contributed by atoms with E-state index in [1.807, 2.05) is 24.3 Å². The van der Waals surface area contributed by atoms with Crippen LogP contribution in [0.4, 0.5) is 0 Å². The number of carbonyl (C=O) groups is 1. The monoisotopic (exact) mass is 380 g/mol. The van der Waals surface area contributed by atoms with Crippen molar-refractivity contribution in [2.45, 2.75) is 51.2 Å². The number of carboxylic acids is 1. The molecule has 2 aromatic rings. The van der Waals surface area contributed by atoms with Crippen LogP contribution in [0.2, 0.25) is 0 Å². The van der Waals surface area contributed by atoms with Gasteiger partial charge in [-0.3, -0.25) is 14.6 Å². The van der Waals surface area contributed by atoms with E-state index >= 15 is 0 Å². The van der Waals surface area contributed by atoms with Crippen LogP contribution < -0.4 is 0 Å². The lowest BCUT2D eigenvalue weighted by molar-refractivity contribution is -0.156. The van der Waals surface area contributed by atoms with Gasteiger partial charge in [-0.2, -0.15) is 0 Å². The summed E-state index contributed by atoms with van der Waals surface area (Å²) in [6.07, 6.45) is 3.44. The van der Waals surface area contributed by atoms with E-state index in [0.717, 1.165) is 39.0 Å². The van der Waals surface area contributed by atoms with Gasteiger partial charge in [0.1, 0.15) is 5.54 Å². The Morgan fingerprint density at radius 1 is 1.00 bits per heavy atom. The number of piperidine rings is 1. The minimum Gasteiger partial charge on any atom is -0.480 e. The van der Waals surface area contributed by atoms with Gasteiger partial charge < -0.3 is 5.11 Å². The molecular weight excluding hydrogens is 348 g/mol. The predicted octanol–water partition coefficient (Wildman–Crippen LogP) is 4.41. The molecule has 0 bridgehead atoms. The molecule has 0 radical (unpaired) electrons. The molecule has 1 aliphatic rings. The van der Waals surface area contributed by atoms with Gasteiger partial charge in [0, 0.05) is 26.2 Å². The molecule has 1 fully saturated rings. The van der Waals surface area contributed by atoms with Gasteiger partial charge in [0.25, 0.3) is 0 Å². The van der Waals surface area contributed by atoms with Crippen molar-refractivity contribution in [3.05, 3.63) is 71.8 Å². The minimum absolute atomic E-state index is 0.668. The third-order valence-corrected chi connectivity index (χ3v) is 5.93. The quantitative estimate of drug-likeness (QED) is 0.700. The van der Waals surface area contributed by atoms with Gasteiger partial charge in [0.15, 0.2) is 0 Å². The molecule has 0 amide bonds. The second-order valence-corrected chi connectivity index (χ2v) is 7.86. The molecule has 28 heavy (non-hydrogen) atoms. The number of hydrogen-bond acceptors (Lipinski definition) is 3. The van der Waals surface area contributed by atoms with Gasteiger partial charge in [0.05, 0.1) is 0 Å². The summed E-state index contributed by atoms with van der Waals surface area (Å²) in [5.41, 5.74) is 1.71. The molecule has 4 nitrogen and oxygen atoms in total. The van der Waals surface area contributed by atoms with Crippen LogP contribution >= 0.6 is 0 Å². The molecule has 1 N–H and O–H groups in total. The Morgan fingerprint density at radius 2 is 1.57 bits per heavy atom. The van der Waals surface area contributed by atoms with Crippen LogP contribution in [0, 0.1) is 0 Å². The van der Waals surface area contributed by atoms with Gasteiger partial charge in [-0.15, -0.1) is 0 Å². The van der Waals surface area contributed by atoms with E-state index in [1.54, 1.807) is 0 Å². The summed E-state index contributed by atoms with van der Waals surface area (Å²) in [6, 6.07) is 20.7. The Hall–Kier alpha value is -2.17.